The second-order valence-electron chi connectivity index (χ2n) is 8.07. The van der Waals surface area contributed by atoms with Gasteiger partial charge in [0.05, 0.1) is 13.2 Å². The van der Waals surface area contributed by atoms with E-state index in [9.17, 15) is 9.59 Å². The molecule has 1 N–H and O–H groups in total. The third-order valence-corrected chi connectivity index (χ3v) is 4.44. The number of rotatable bonds is 4. The van der Waals surface area contributed by atoms with Gasteiger partial charge in [0.15, 0.2) is 0 Å². The Morgan fingerprint density at radius 3 is 2.63 bits per heavy atom. The molecule has 150 valence electrons. The molecule has 1 aromatic carbocycles. The third kappa shape index (κ3) is 6.40. The average Bonchev–Trinajstić information content (AvgIpc) is 2.57. The minimum Gasteiger partial charge on any atom is -0.444 e. The molecule has 1 aliphatic rings. The van der Waals surface area contributed by atoms with Crippen molar-refractivity contribution in [1.82, 2.24) is 10.2 Å². The number of morpholine rings is 1. The molecule has 1 heterocycles. The Balaban J connectivity index is 2.07. The van der Waals surface area contributed by atoms with Gasteiger partial charge in [-0.15, -0.1) is 0 Å². The molecular weight excluding hydrogens is 368 g/mol. The molecule has 0 saturated carbocycles. The van der Waals surface area contributed by atoms with Crippen LogP contribution in [-0.4, -0.2) is 48.2 Å². The first-order valence-electron chi connectivity index (χ1n) is 9.22. The first kappa shape index (κ1) is 21.5. The highest BCUT2D eigenvalue weighted by Gasteiger charge is 2.33. The van der Waals surface area contributed by atoms with Gasteiger partial charge in [-0.1, -0.05) is 37.6 Å². The number of amides is 2. The predicted octanol–water partition coefficient (Wildman–Crippen LogP) is 3.79. The maximum atomic E-state index is 13.1. The summed E-state index contributed by atoms with van der Waals surface area (Å²) in [6.07, 6.45) is -0.829. The predicted molar refractivity (Wildman–Crippen MR) is 105 cm³/mol. The van der Waals surface area contributed by atoms with Crippen molar-refractivity contribution in [2.24, 2.45) is 5.92 Å². The summed E-state index contributed by atoms with van der Waals surface area (Å²) < 4.78 is 11.1. The van der Waals surface area contributed by atoms with Gasteiger partial charge in [-0.25, -0.2) is 4.79 Å². The van der Waals surface area contributed by atoms with Crippen LogP contribution in [0.1, 0.15) is 46.3 Å². The molecule has 7 heteroatoms. The van der Waals surface area contributed by atoms with Crippen LogP contribution >= 0.6 is 11.6 Å². The van der Waals surface area contributed by atoms with Crippen LogP contribution in [0, 0.1) is 5.92 Å². The van der Waals surface area contributed by atoms with Crippen molar-refractivity contribution in [2.45, 2.75) is 52.4 Å². The molecule has 1 aliphatic heterocycles. The Kier molecular flexibility index (Phi) is 7.12. The van der Waals surface area contributed by atoms with Crippen LogP contribution in [0.5, 0.6) is 0 Å². The molecule has 0 spiro atoms. The van der Waals surface area contributed by atoms with Crippen LogP contribution in [0.4, 0.5) is 4.79 Å². The molecule has 0 aromatic heterocycles. The maximum Gasteiger partial charge on any atom is 0.408 e. The van der Waals surface area contributed by atoms with E-state index in [1.165, 1.54) is 0 Å². The van der Waals surface area contributed by atoms with Crippen LogP contribution in [-0.2, 0) is 14.3 Å². The summed E-state index contributed by atoms with van der Waals surface area (Å²) in [5.41, 5.74) is 0.312. The van der Waals surface area contributed by atoms with E-state index in [4.69, 9.17) is 21.1 Å². The number of carbonyl (C=O) groups is 2. The van der Waals surface area contributed by atoms with Crippen molar-refractivity contribution >= 4 is 23.6 Å². The minimum atomic E-state index is -0.655. The number of nitrogens with one attached hydrogen (secondary N) is 1. The van der Waals surface area contributed by atoms with Gasteiger partial charge in [0.25, 0.3) is 0 Å². The Morgan fingerprint density at radius 1 is 1.33 bits per heavy atom. The number of benzene rings is 1. The zero-order chi connectivity index (χ0) is 20.2. The van der Waals surface area contributed by atoms with E-state index >= 15 is 0 Å². The summed E-state index contributed by atoms with van der Waals surface area (Å²) in [5, 5.41) is 3.35. The highest BCUT2D eigenvalue weighted by atomic mass is 35.5. The number of carbonyl (C=O) groups excluding carboxylic acids is 2. The third-order valence-electron chi connectivity index (χ3n) is 4.20. The highest BCUT2D eigenvalue weighted by Crippen LogP contribution is 2.25. The largest absolute Gasteiger partial charge is 0.444 e. The fraction of sp³-hybridized carbons (Fsp3) is 0.600. The quantitative estimate of drug-likeness (QED) is 0.840. The minimum absolute atomic E-state index is 0.0718. The lowest BCUT2D eigenvalue weighted by Crippen LogP contribution is -2.54. The summed E-state index contributed by atoms with van der Waals surface area (Å²) in [6.45, 7) is 10.5. The number of ether oxygens (including phenoxy) is 2. The van der Waals surface area contributed by atoms with Gasteiger partial charge in [-0.3, -0.25) is 4.79 Å². The number of hydrogen-bond acceptors (Lipinski definition) is 4. The molecule has 0 bridgehead atoms. The molecular formula is C20H29ClN2O4. The summed E-state index contributed by atoms with van der Waals surface area (Å²) in [5.74, 6) is -0.205. The monoisotopic (exact) mass is 396 g/mol. The number of alkyl carbamates (subject to hydrolysis) is 1. The summed E-state index contributed by atoms with van der Waals surface area (Å²) in [6, 6.07) is 6.79. The van der Waals surface area contributed by atoms with Crippen LogP contribution in [0.3, 0.4) is 0 Å². The molecule has 1 aromatic rings. The van der Waals surface area contributed by atoms with Crippen LogP contribution in [0.2, 0.25) is 5.02 Å². The number of hydrogen-bond donors (Lipinski definition) is 1. The fourth-order valence-electron chi connectivity index (χ4n) is 2.90. The van der Waals surface area contributed by atoms with E-state index in [1.807, 2.05) is 32.0 Å². The molecule has 2 amide bonds. The zero-order valence-corrected chi connectivity index (χ0v) is 17.4. The highest BCUT2D eigenvalue weighted by molar-refractivity contribution is 6.30. The van der Waals surface area contributed by atoms with E-state index in [0.29, 0.717) is 24.7 Å². The zero-order valence-electron chi connectivity index (χ0n) is 16.6. The maximum absolute atomic E-state index is 13.1. The molecule has 2 unspecified atom stereocenters. The smallest absolute Gasteiger partial charge is 0.408 e. The van der Waals surface area contributed by atoms with Gasteiger partial charge in [-0.2, -0.15) is 0 Å². The Morgan fingerprint density at radius 2 is 2.04 bits per heavy atom. The number of nitrogens with zero attached hydrogens (tertiary/aromatic N) is 1. The van der Waals surface area contributed by atoms with Crippen molar-refractivity contribution < 1.29 is 19.1 Å². The van der Waals surface area contributed by atoms with E-state index < -0.39 is 17.7 Å². The standard InChI is InChI=1S/C20H29ClN2O4/c1-13(2)17(22-19(25)27-20(3,4)5)18(24)23-9-10-26-16(12-23)14-7-6-8-15(21)11-14/h6-8,11,13,16-17H,9-10,12H2,1-5H3,(H,22,25). The van der Waals surface area contributed by atoms with Crippen molar-refractivity contribution in [3.8, 4) is 0 Å². The van der Waals surface area contributed by atoms with Gasteiger partial charge in [0, 0.05) is 11.6 Å². The summed E-state index contributed by atoms with van der Waals surface area (Å²) >= 11 is 6.07. The molecule has 0 aliphatic carbocycles. The summed E-state index contributed by atoms with van der Waals surface area (Å²) in [7, 11) is 0. The Hall–Kier alpha value is -1.79. The lowest BCUT2D eigenvalue weighted by Gasteiger charge is -2.36. The van der Waals surface area contributed by atoms with Crippen molar-refractivity contribution in [3.63, 3.8) is 0 Å². The number of halogens is 1. The normalized spacial score (nSPS) is 18.9. The van der Waals surface area contributed by atoms with Crippen molar-refractivity contribution in [3.05, 3.63) is 34.9 Å². The Bertz CT molecular complexity index is 672. The van der Waals surface area contributed by atoms with Gasteiger partial charge in [0.1, 0.15) is 17.7 Å². The molecule has 1 fully saturated rings. The van der Waals surface area contributed by atoms with E-state index in [0.717, 1.165) is 5.56 Å². The summed E-state index contributed by atoms with van der Waals surface area (Å²) in [4.78, 5) is 26.9. The second-order valence-corrected chi connectivity index (χ2v) is 8.50. The molecule has 27 heavy (non-hydrogen) atoms. The molecule has 1 saturated heterocycles. The molecule has 2 rings (SSSR count). The van der Waals surface area contributed by atoms with Gasteiger partial charge in [-0.05, 0) is 44.4 Å². The van der Waals surface area contributed by atoms with Gasteiger partial charge < -0.3 is 19.7 Å². The van der Waals surface area contributed by atoms with Crippen LogP contribution < -0.4 is 5.32 Å². The van der Waals surface area contributed by atoms with Crippen molar-refractivity contribution in [2.75, 3.05) is 19.7 Å². The molecule has 6 nitrogen and oxygen atoms in total. The van der Waals surface area contributed by atoms with Crippen LogP contribution in [0.15, 0.2) is 24.3 Å². The average molecular weight is 397 g/mol. The first-order valence-corrected chi connectivity index (χ1v) is 9.60. The molecule has 2 atom stereocenters. The SMILES string of the molecule is CC(C)C(NC(=O)OC(C)(C)C)C(=O)N1CCOC(c2cccc(Cl)c2)C1. The van der Waals surface area contributed by atoms with E-state index in [2.05, 4.69) is 5.32 Å². The van der Waals surface area contributed by atoms with Gasteiger partial charge >= 0.3 is 6.09 Å². The lowest BCUT2D eigenvalue weighted by atomic mass is 10.0. The van der Waals surface area contributed by atoms with Gasteiger partial charge in [0.2, 0.25) is 5.91 Å². The van der Waals surface area contributed by atoms with E-state index in [-0.39, 0.29) is 17.9 Å². The first-order chi connectivity index (χ1) is 12.6. The molecule has 0 radical (unpaired) electrons. The van der Waals surface area contributed by atoms with Crippen LogP contribution in [0.25, 0.3) is 0 Å². The second kappa shape index (κ2) is 8.93. The lowest BCUT2D eigenvalue weighted by molar-refractivity contribution is -0.142. The Labute approximate surface area is 166 Å². The fourth-order valence-corrected chi connectivity index (χ4v) is 3.10. The van der Waals surface area contributed by atoms with E-state index in [1.54, 1.807) is 31.7 Å². The topological polar surface area (TPSA) is 67.9 Å². The van der Waals surface area contributed by atoms with Crippen molar-refractivity contribution in [1.29, 1.82) is 0 Å².